The van der Waals surface area contributed by atoms with Crippen LogP contribution in [0.3, 0.4) is 0 Å². The lowest BCUT2D eigenvalue weighted by molar-refractivity contribution is 0.430. The van der Waals surface area contributed by atoms with Crippen LogP contribution in [0.5, 0.6) is 0 Å². The van der Waals surface area contributed by atoms with E-state index in [0.29, 0.717) is 0 Å². The van der Waals surface area contributed by atoms with Gasteiger partial charge in [-0.2, -0.15) is 5.10 Å². The molecule has 3 nitrogen and oxygen atoms in total. The van der Waals surface area contributed by atoms with Crippen molar-refractivity contribution in [3.8, 4) is 0 Å². The molecule has 1 aliphatic rings. The molecule has 16 heavy (non-hydrogen) atoms. The molecule has 0 aliphatic heterocycles. The summed E-state index contributed by atoms with van der Waals surface area (Å²) >= 11 is 0. The number of nitrogens with zero attached hydrogens (tertiary/aromatic N) is 2. The molecule has 1 saturated carbocycles. The zero-order chi connectivity index (χ0) is 11.4. The van der Waals surface area contributed by atoms with E-state index in [9.17, 15) is 0 Å². The lowest BCUT2D eigenvalue weighted by atomic mass is 9.92. The lowest BCUT2D eigenvalue weighted by Gasteiger charge is -2.20. The van der Waals surface area contributed by atoms with Gasteiger partial charge in [-0.15, -0.1) is 0 Å². The number of hydrogen-bond acceptors (Lipinski definition) is 2. The highest BCUT2D eigenvalue weighted by atomic mass is 15.3. The van der Waals surface area contributed by atoms with Gasteiger partial charge in [-0.05, 0) is 44.8 Å². The zero-order valence-electron chi connectivity index (χ0n) is 10.4. The molecule has 3 heteroatoms. The van der Waals surface area contributed by atoms with Crippen molar-refractivity contribution in [3.05, 3.63) is 18.0 Å². The molecule has 1 aromatic heterocycles. The first kappa shape index (κ1) is 11.6. The maximum absolute atomic E-state index is 4.44. The molecule has 1 aliphatic carbocycles. The van der Waals surface area contributed by atoms with Crippen LogP contribution in [0.15, 0.2) is 12.3 Å². The second kappa shape index (κ2) is 5.48. The van der Waals surface area contributed by atoms with Gasteiger partial charge < -0.3 is 5.32 Å². The molecule has 0 amide bonds. The van der Waals surface area contributed by atoms with Crippen LogP contribution in [0.4, 0.5) is 0 Å². The summed E-state index contributed by atoms with van der Waals surface area (Å²) in [6.45, 7) is 4.41. The smallest absolute Gasteiger partial charge is 0.0492 e. The first-order chi connectivity index (χ1) is 7.86. The molecular formula is C13H23N3. The van der Waals surface area contributed by atoms with Gasteiger partial charge in [0.2, 0.25) is 0 Å². The molecule has 1 heterocycles. The van der Waals surface area contributed by atoms with E-state index < -0.39 is 0 Å². The summed E-state index contributed by atoms with van der Waals surface area (Å²) in [5.74, 6) is 1.53. The Morgan fingerprint density at radius 2 is 2.38 bits per heavy atom. The quantitative estimate of drug-likeness (QED) is 0.827. The Morgan fingerprint density at radius 1 is 1.50 bits per heavy atom. The summed E-state index contributed by atoms with van der Waals surface area (Å²) in [7, 11) is 2.05. The summed E-state index contributed by atoms with van der Waals surface area (Å²) in [4.78, 5) is 0. The minimum atomic E-state index is 0.724. The van der Waals surface area contributed by atoms with Gasteiger partial charge in [0.25, 0.3) is 0 Å². The van der Waals surface area contributed by atoms with E-state index in [1.54, 1.807) is 0 Å². The van der Waals surface area contributed by atoms with Crippen molar-refractivity contribution < 1.29 is 0 Å². The standard InChI is InChI=1S/C13H23N3/c1-3-9-16-13(7-8-15-16)12-6-4-5-11(12)10-14-2/h7-8,11-12,14H,3-6,9-10H2,1-2H3. The fourth-order valence-electron chi connectivity index (χ4n) is 2.99. The zero-order valence-corrected chi connectivity index (χ0v) is 10.4. The Hall–Kier alpha value is -0.830. The average molecular weight is 221 g/mol. The van der Waals surface area contributed by atoms with Crippen LogP contribution in [0, 0.1) is 5.92 Å². The second-order valence-electron chi connectivity index (χ2n) is 4.83. The number of nitrogens with one attached hydrogen (secondary N) is 1. The van der Waals surface area contributed by atoms with E-state index in [1.165, 1.54) is 25.0 Å². The lowest BCUT2D eigenvalue weighted by Crippen LogP contribution is -2.22. The maximum Gasteiger partial charge on any atom is 0.0492 e. The normalized spacial score (nSPS) is 25.1. The summed E-state index contributed by atoms with van der Waals surface area (Å²) in [6.07, 6.45) is 7.19. The molecule has 0 bridgehead atoms. The van der Waals surface area contributed by atoms with Gasteiger partial charge in [-0.3, -0.25) is 4.68 Å². The Bertz CT molecular complexity index is 319. The number of aryl methyl sites for hydroxylation is 1. The van der Waals surface area contributed by atoms with Crippen molar-refractivity contribution in [2.75, 3.05) is 13.6 Å². The minimum absolute atomic E-state index is 0.724. The van der Waals surface area contributed by atoms with E-state index in [0.717, 1.165) is 31.3 Å². The van der Waals surface area contributed by atoms with Crippen molar-refractivity contribution in [2.24, 2.45) is 5.92 Å². The van der Waals surface area contributed by atoms with Gasteiger partial charge >= 0.3 is 0 Å². The van der Waals surface area contributed by atoms with Gasteiger partial charge in [0.1, 0.15) is 0 Å². The van der Waals surface area contributed by atoms with Gasteiger partial charge in [-0.25, -0.2) is 0 Å². The van der Waals surface area contributed by atoms with Crippen LogP contribution < -0.4 is 5.32 Å². The topological polar surface area (TPSA) is 29.9 Å². The molecule has 2 unspecified atom stereocenters. The SMILES string of the molecule is CCCn1nccc1C1CCCC1CNC. The van der Waals surface area contributed by atoms with Gasteiger partial charge in [0.05, 0.1) is 0 Å². The van der Waals surface area contributed by atoms with Crippen LogP contribution in [0.1, 0.15) is 44.2 Å². The first-order valence-electron chi connectivity index (χ1n) is 6.53. The van der Waals surface area contributed by atoms with Crippen molar-refractivity contribution >= 4 is 0 Å². The van der Waals surface area contributed by atoms with E-state index in [-0.39, 0.29) is 0 Å². The van der Waals surface area contributed by atoms with E-state index in [1.807, 2.05) is 6.20 Å². The first-order valence-corrected chi connectivity index (χ1v) is 6.53. The van der Waals surface area contributed by atoms with Crippen molar-refractivity contribution in [1.82, 2.24) is 15.1 Å². The molecule has 0 aromatic carbocycles. The average Bonchev–Trinajstić information content (AvgIpc) is 2.87. The molecule has 2 rings (SSSR count). The van der Waals surface area contributed by atoms with Crippen molar-refractivity contribution in [3.63, 3.8) is 0 Å². The number of rotatable bonds is 5. The Balaban J connectivity index is 2.12. The molecule has 0 spiro atoms. The molecule has 2 atom stereocenters. The Labute approximate surface area is 98.2 Å². The number of aromatic nitrogens is 2. The Kier molecular flexibility index (Phi) is 3.99. The Morgan fingerprint density at radius 3 is 3.12 bits per heavy atom. The van der Waals surface area contributed by atoms with Gasteiger partial charge in [0, 0.05) is 24.4 Å². The third-order valence-corrected chi connectivity index (χ3v) is 3.69. The van der Waals surface area contributed by atoms with Crippen molar-refractivity contribution in [1.29, 1.82) is 0 Å². The highest BCUT2D eigenvalue weighted by Crippen LogP contribution is 2.39. The fourth-order valence-corrected chi connectivity index (χ4v) is 2.99. The van der Waals surface area contributed by atoms with Gasteiger partial charge in [0.15, 0.2) is 0 Å². The summed E-state index contributed by atoms with van der Waals surface area (Å²) in [5.41, 5.74) is 1.46. The highest BCUT2D eigenvalue weighted by molar-refractivity contribution is 5.11. The molecule has 0 radical (unpaired) electrons. The molecule has 1 N–H and O–H groups in total. The predicted octanol–water partition coefficient (Wildman–Crippen LogP) is 2.40. The molecule has 0 saturated heterocycles. The van der Waals surface area contributed by atoms with Crippen LogP contribution >= 0.6 is 0 Å². The monoisotopic (exact) mass is 221 g/mol. The van der Waals surface area contributed by atoms with E-state index >= 15 is 0 Å². The van der Waals surface area contributed by atoms with Crippen molar-refractivity contribution in [2.45, 2.75) is 45.1 Å². The highest BCUT2D eigenvalue weighted by Gasteiger charge is 2.29. The fraction of sp³-hybridized carbons (Fsp3) is 0.769. The third kappa shape index (κ3) is 2.29. The summed E-state index contributed by atoms with van der Waals surface area (Å²) in [6, 6.07) is 2.22. The molecular weight excluding hydrogens is 198 g/mol. The summed E-state index contributed by atoms with van der Waals surface area (Å²) in [5, 5.41) is 7.76. The minimum Gasteiger partial charge on any atom is -0.319 e. The predicted molar refractivity (Wildman–Crippen MR) is 66.5 cm³/mol. The molecule has 1 aromatic rings. The van der Waals surface area contributed by atoms with Crippen LogP contribution in [0.25, 0.3) is 0 Å². The summed E-state index contributed by atoms with van der Waals surface area (Å²) < 4.78 is 2.21. The maximum atomic E-state index is 4.44. The van der Waals surface area contributed by atoms with E-state index in [2.05, 4.69) is 35.1 Å². The number of hydrogen-bond donors (Lipinski definition) is 1. The largest absolute Gasteiger partial charge is 0.319 e. The molecule has 1 fully saturated rings. The van der Waals surface area contributed by atoms with Crippen LogP contribution in [-0.4, -0.2) is 23.4 Å². The second-order valence-corrected chi connectivity index (χ2v) is 4.83. The van der Waals surface area contributed by atoms with Crippen LogP contribution in [0.2, 0.25) is 0 Å². The van der Waals surface area contributed by atoms with Gasteiger partial charge in [-0.1, -0.05) is 13.3 Å². The van der Waals surface area contributed by atoms with Crippen LogP contribution in [-0.2, 0) is 6.54 Å². The molecule has 90 valence electrons. The van der Waals surface area contributed by atoms with E-state index in [4.69, 9.17) is 0 Å². The third-order valence-electron chi connectivity index (χ3n) is 3.69.